The maximum absolute atomic E-state index is 13.5. The van der Waals surface area contributed by atoms with E-state index in [1.807, 2.05) is 18.2 Å². The Kier molecular flexibility index (Phi) is 2.99. The Hall–Kier alpha value is -2.27. The molecule has 0 aliphatic carbocycles. The van der Waals surface area contributed by atoms with Crippen LogP contribution in [0, 0.1) is 11.6 Å². The Labute approximate surface area is 114 Å². The van der Waals surface area contributed by atoms with Crippen molar-refractivity contribution in [1.82, 2.24) is 9.61 Å². The smallest absolute Gasteiger partial charge is 0.126 e. The van der Waals surface area contributed by atoms with Gasteiger partial charge < -0.3 is 5.73 Å². The first-order valence-corrected chi connectivity index (χ1v) is 6.25. The number of hydrogen-bond donors (Lipinski definition) is 1. The fourth-order valence-electron chi connectivity index (χ4n) is 2.33. The summed E-state index contributed by atoms with van der Waals surface area (Å²) < 4.78 is 28.6. The van der Waals surface area contributed by atoms with Crippen LogP contribution in [0.5, 0.6) is 0 Å². The monoisotopic (exact) mass is 273 g/mol. The molecule has 0 bridgehead atoms. The summed E-state index contributed by atoms with van der Waals surface area (Å²) in [5.74, 6) is -1.24. The van der Waals surface area contributed by atoms with Gasteiger partial charge in [0.1, 0.15) is 11.6 Å². The van der Waals surface area contributed by atoms with Gasteiger partial charge in [-0.3, -0.25) is 0 Å². The summed E-state index contributed by atoms with van der Waals surface area (Å²) in [4.78, 5) is 0. The second-order valence-corrected chi connectivity index (χ2v) is 4.74. The number of nitrogens with zero attached hydrogens (tertiary/aromatic N) is 2. The van der Waals surface area contributed by atoms with E-state index in [-0.39, 0.29) is 6.04 Å². The number of nitrogens with two attached hydrogens (primary N) is 1. The van der Waals surface area contributed by atoms with Crippen LogP contribution in [-0.2, 0) is 0 Å². The Morgan fingerprint density at radius 2 is 1.85 bits per heavy atom. The van der Waals surface area contributed by atoms with E-state index in [4.69, 9.17) is 5.73 Å². The molecule has 0 fully saturated rings. The zero-order valence-electron chi connectivity index (χ0n) is 10.8. The fourth-order valence-corrected chi connectivity index (χ4v) is 2.33. The third-order valence-electron chi connectivity index (χ3n) is 3.15. The van der Waals surface area contributed by atoms with Crippen LogP contribution in [0.1, 0.15) is 18.7 Å². The molecule has 3 nitrogen and oxygen atoms in total. The van der Waals surface area contributed by atoms with Gasteiger partial charge >= 0.3 is 0 Å². The number of aromatic nitrogens is 2. The molecule has 2 aromatic heterocycles. The zero-order valence-corrected chi connectivity index (χ0v) is 10.8. The van der Waals surface area contributed by atoms with Crippen molar-refractivity contribution in [3.8, 4) is 11.1 Å². The average Bonchev–Trinajstić information content (AvgIpc) is 2.77. The van der Waals surface area contributed by atoms with Crippen molar-refractivity contribution < 1.29 is 8.78 Å². The number of hydrogen-bond acceptors (Lipinski definition) is 2. The molecule has 3 aromatic rings. The van der Waals surface area contributed by atoms with E-state index in [0.29, 0.717) is 16.8 Å². The normalized spacial score (nSPS) is 12.8. The molecule has 0 amide bonds. The minimum atomic E-state index is -0.620. The molecule has 0 aliphatic heterocycles. The number of halogens is 2. The summed E-state index contributed by atoms with van der Waals surface area (Å²) in [5, 5.41) is 4.39. The summed E-state index contributed by atoms with van der Waals surface area (Å²) in [5.41, 5.74) is 8.42. The van der Waals surface area contributed by atoms with Crippen LogP contribution < -0.4 is 5.73 Å². The molecular weight excluding hydrogens is 260 g/mol. The summed E-state index contributed by atoms with van der Waals surface area (Å²) in [6.07, 6.45) is 1.78. The molecule has 0 aliphatic rings. The average molecular weight is 273 g/mol. The standard InChI is InChI=1S/C15H13F2N3/c1-9(18)15-14(10-6-11(16)8-12(17)7-10)13-4-2-3-5-20(13)19-15/h2-9H,18H2,1H3. The minimum Gasteiger partial charge on any atom is -0.323 e. The lowest BCUT2D eigenvalue weighted by atomic mass is 10.0. The lowest BCUT2D eigenvalue weighted by Gasteiger charge is -2.06. The molecule has 5 heteroatoms. The van der Waals surface area contributed by atoms with Crippen molar-refractivity contribution in [3.05, 3.63) is 59.9 Å². The van der Waals surface area contributed by atoms with Crippen molar-refractivity contribution >= 4 is 5.52 Å². The molecule has 2 heterocycles. The van der Waals surface area contributed by atoms with Crippen molar-refractivity contribution in [2.24, 2.45) is 5.73 Å². The van der Waals surface area contributed by atoms with Crippen LogP contribution in [0.25, 0.3) is 16.6 Å². The van der Waals surface area contributed by atoms with Crippen molar-refractivity contribution in [3.63, 3.8) is 0 Å². The summed E-state index contributed by atoms with van der Waals surface area (Å²) in [6, 6.07) is 8.62. The van der Waals surface area contributed by atoms with Crippen molar-refractivity contribution in [2.75, 3.05) is 0 Å². The first-order chi connectivity index (χ1) is 9.56. The van der Waals surface area contributed by atoms with Gasteiger partial charge in [0.05, 0.1) is 11.2 Å². The molecule has 20 heavy (non-hydrogen) atoms. The van der Waals surface area contributed by atoms with E-state index in [1.54, 1.807) is 17.6 Å². The highest BCUT2D eigenvalue weighted by molar-refractivity contribution is 5.82. The second kappa shape index (κ2) is 4.68. The van der Waals surface area contributed by atoms with Gasteiger partial charge in [-0.25, -0.2) is 13.3 Å². The van der Waals surface area contributed by atoms with Crippen LogP contribution in [-0.4, -0.2) is 9.61 Å². The highest BCUT2D eigenvalue weighted by atomic mass is 19.1. The predicted molar refractivity (Wildman–Crippen MR) is 73.1 cm³/mol. The van der Waals surface area contributed by atoms with Gasteiger partial charge in [-0.15, -0.1) is 0 Å². The molecule has 0 saturated carbocycles. The number of fused-ring (bicyclic) bond motifs is 1. The minimum absolute atomic E-state index is 0.337. The van der Waals surface area contributed by atoms with Crippen molar-refractivity contribution in [2.45, 2.75) is 13.0 Å². The molecule has 1 unspecified atom stereocenters. The van der Waals surface area contributed by atoms with E-state index in [2.05, 4.69) is 5.10 Å². The van der Waals surface area contributed by atoms with Gasteiger partial charge in [-0.1, -0.05) is 6.07 Å². The molecule has 3 rings (SSSR count). The molecule has 1 atom stereocenters. The quantitative estimate of drug-likeness (QED) is 0.778. The first kappa shape index (κ1) is 12.7. The van der Waals surface area contributed by atoms with Crippen LogP contribution >= 0.6 is 0 Å². The Morgan fingerprint density at radius 3 is 2.50 bits per heavy atom. The number of pyridine rings is 1. The summed E-state index contributed by atoms with van der Waals surface area (Å²) in [6.45, 7) is 1.79. The second-order valence-electron chi connectivity index (χ2n) is 4.74. The molecular formula is C15H13F2N3. The number of rotatable bonds is 2. The highest BCUT2D eigenvalue weighted by Crippen LogP contribution is 2.32. The lowest BCUT2D eigenvalue weighted by molar-refractivity contribution is 0.584. The third kappa shape index (κ3) is 2.06. The van der Waals surface area contributed by atoms with E-state index >= 15 is 0 Å². The summed E-state index contributed by atoms with van der Waals surface area (Å²) in [7, 11) is 0. The highest BCUT2D eigenvalue weighted by Gasteiger charge is 2.18. The topological polar surface area (TPSA) is 43.3 Å². The van der Waals surface area contributed by atoms with Crippen LogP contribution in [0.3, 0.4) is 0 Å². The molecule has 102 valence electrons. The van der Waals surface area contributed by atoms with Gasteiger partial charge in [0.25, 0.3) is 0 Å². The van der Waals surface area contributed by atoms with E-state index < -0.39 is 11.6 Å². The zero-order chi connectivity index (χ0) is 14.3. The van der Waals surface area contributed by atoms with Gasteiger partial charge in [-0.05, 0) is 36.8 Å². The first-order valence-electron chi connectivity index (χ1n) is 6.25. The van der Waals surface area contributed by atoms with Gasteiger partial charge in [0.15, 0.2) is 0 Å². The molecule has 1 aromatic carbocycles. The third-order valence-corrected chi connectivity index (χ3v) is 3.15. The SMILES string of the molecule is CC(N)c1nn2ccccc2c1-c1cc(F)cc(F)c1. The van der Waals surface area contributed by atoms with E-state index in [1.165, 1.54) is 12.1 Å². The van der Waals surface area contributed by atoms with Crippen molar-refractivity contribution in [1.29, 1.82) is 0 Å². The molecule has 2 N–H and O–H groups in total. The van der Waals surface area contributed by atoms with Crippen LogP contribution in [0.4, 0.5) is 8.78 Å². The Bertz CT molecular complexity index is 758. The van der Waals surface area contributed by atoms with Crippen LogP contribution in [0.2, 0.25) is 0 Å². The predicted octanol–water partition coefficient (Wildman–Crippen LogP) is 3.30. The number of benzene rings is 1. The van der Waals surface area contributed by atoms with Crippen LogP contribution in [0.15, 0.2) is 42.6 Å². The van der Waals surface area contributed by atoms with Gasteiger partial charge in [-0.2, -0.15) is 5.10 Å². The van der Waals surface area contributed by atoms with Gasteiger partial charge in [0, 0.05) is 23.9 Å². The van der Waals surface area contributed by atoms with E-state index in [9.17, 15) is 8.78 Å². The summed E-state index contributed by atoms with van der Waals surface area (Å²) >= 11 is 0. The maximum atomic E-state index is 13.5. The molecule has 0 radical (unpaired) electrons. The molecule has 0 spiro atoms. The van der Waals surface area contributed by atoms with Gasteiger partial charge in [0.2, 0.25) is 0 Å². The Balaban J connectivity index is 2.36. The Morgan fingerprint density at radius 1 is 1.15 bits per heavy atom. The lowest BCUT2D eigenvalue weighted by Crippen LogP contribution is -2.07. The fraction of sp³-hybridized carbons (Fsp3) is 0.133. The molecule has 0 saturated heterocycles. The van der Waals surface area contributed by atoms with E-state index in [0.717, 1.165) is 11.6 Å². The largest absolute Gasteiger partial charge is 0.323 e. The maximum Gasteiger partial charge on any atom is 0.126 e.